The van der Waals surface area contributed by atoms with Crippen LogP contribution in [-0.4, -0.2) is 5.33 Å². The Morgan fingerprint density at radius 1 is 1.42 bits per heavy atom. The minimum atomic E-state index is 1.05. The maximum absolute atomic E-state index is 3.43. The predicted octanol–water partition coefficient (Wildman–Crippen LogP) is 4.39. The molecule has 1 rings (SSSR count). The molecule has 0 nitrogen and oxygen atoms in total. The van der Waals surface area contributed by atoms with Crippen molar-refractivity contribution in [2.45, 2.75) is 12.8 Å². The van der Waals surface area contributed by atoms with Gasteiger partial charge >= 0.3 is 0 Å². The first-order valence-corrected chi connectivity index (χ1v) is 6.56. The molecule has 0 atom stereocenters. The zero-order chi connectivity index (χ0) is 8.81. The van der Waals surface area contributed by atoms with Crippen molar-refractivity contribution in [3.8, 4) is 0 Å². The lowest BCUT2D eigenvalue weighted by Crippen LogP contribution is -1.72. The van der Waals surface area contributed by atoms with E-state index in [2.05, 4.69) is 55.5 Å². The summed E-state index contributed by atoms with van der Waals surface area (Å²) in [5.74, 6) is 0. The van der Waals surface area contributed by atoms with E-state index in [9.17, 15) is 0 Å². The molecule has 0 amide bonds. The molecule has 0 aliphatic carbocycles. The van der Waals surface area contributed by atoms with Crippen molar-refractivity contribution >= 4 is 43.2 Å². The second-order valence-electron chi connectivity index (χ2n) is 2.38. The Morgan fingerprint density at radius 2 is 2.25 bits per heavy atom. The van der Waals surface area contributed by atoms with Crippen LogP contribution in [0.1, 0.15) is 11.3 Å². The number of halogens is 2. The highest BCUT2D eigenvalue weighted by Crippen LogP contribution is 2.20. The summed E-state index contributed by atoms with van der Waals surface area (Å²) in [6.45, 7) is 0. The van der Waals surface area contributed by atoms with E-state index in [1.807, 2.05) is 0 Å². The summed E-state index contributed by atoms with van der Waals surface area (Å²) in [5.41, 5.74) is 0. The van der Waals surface area contributed by atoms with Crippen LogP contribution in [0.25, 0.3) is 0 Å². The maximum atomic E-state index is 3.43. The first-order chi connectivity index (χ1) is 5.83. The van der Waals surface area contributed by atoms with Gasteiger partial charge in [0.25, 0.3) is 0 Å². The first kappa shape index (κ1) is 10.5. The molecule has 1 heterocycles. The molecule has 0 spiro atoms. The van der Waals surface area contributed by atoms with Crippen molar-refractivity contribution in [1.29, 1.82) is 0 Å². The zero-order valence-corrected chi connectivity index (χ0v) is 10.6. The van der Waals surface area contributed by atoms with Gasteiger partial charge in [0, 0.05) is 20.1 Å². The van der Waals surface area contributed by atoms with Gasteiger partial charge in [-0.15, -0.1) is 11.3 Å². The molecule has 0 aliphatic rings. The van der Waals surface area contributed by atoms with Crippen LogP contribution in [-0.2, 0) is 6.42 Å². The van der Waals surface area contributed by atoms with E-state index in [1.54, 1.807) is 11.3 Å². The highest BCUT2D eigenvalue weighted by molar-refractivity contribution is 9.10. The molecule has 0 aromatic carbocycles. The summed E-state index contributed by atoms with van der Waals surface area (Å²) in [5, 5.41) is 3.17. The van der Waals surface area contributed by atoms with E-state index in [-0.39, 0.29) is 0 Å². The lowest BCUT2D eigenvalue weighted by molar-refractivity contribution is 1.22. The summed E-state index contributed by atoms with van der Waals surface area (Å²) in [6, 6.07) is 2.17. The third-order valence-corrected chi connectivity index (χ3v) is 3.56. The summed E-state index contributed by atoms with van der Waals surface area (Å²) < 4.78 is 1.19. The van der Waals surface area contributed by atoms with Crippen molar-refractivity contribution in [1.82, 2.24) is 0 Å². The lowest BCUT2D eigenvalue weighted by Gasteiger charge is -1.86. The van der Waals surface area contributed by atoms with Crippen LogP contribution in [0.5, 0.6) is 0 Å². The van der Waals surface area contributed by atoms with E-state index in [1.165, 1.54) is 9.35 Å². The number of rotatable bonds is 4. The van der Waals surface area contributed by atoms with Crippen LogP contribution in [0.15, 0.2) is 28.1 Å². The number of alkyl halides is 1. The first-order valence-electron chi connectivity index (χ1n) is 3.77. The van der Waals surface area contributed by atoms with E-state index in [0.717, 1.165) is 18.2 Å². The fraction of sp³-hybridized carbons (Fsp3) is 0.333. The molecule has 12 heavy (non-hydrogen) atoms. The van der Waals surface area contributed by atoms with Crippen LogP contribution in [0.4, 0.5) is 0 Å². The Hall–Kier alpha value is 0.400. The van der Waals surface area contributed by atoms with Crippen molar-refractivity contribution in [2.75, 3.05) is 5.33 Å². The Bertz CT molecular complexity index is 253. The van der Waals surface area contributed by atoms with Crippen molar-refractivity contribution in [2.24, 2.45) is 0 Å². The van der Waals surface area contributed by atoms with E-state index < -0.39 is 0 Å². The molecule has 0 saturated heterocycles. The van der Waals surface area contributed by atoms with Crippen LogP contribution >= 0.6 is 43.2 Å². The molecule has 0 saturated carbocycles. The second-order valence-corrected chi connectivity index (χ2v) is 5.09. The molecule has 0 unspecified atom stereocenters. The van der Waals surface area contributed by atoms with Gasteiger partial charge in [-0.2, -0.15) is 0 Å². The topological polar surface area (TPSA) is 0 Å². The van der Waals surface area contributed by atoms with Gasteiger partial charge in [0.15, 0.2) is 0 Å². The molecule has 0 bridgehead atoms. The molecule has 1 aromatic heterocycles. The van der Waals surface area contributed by atoms with Crippen molar-refractivity contribution in [3.05, 3.63) is 32.9 Å². The maximum Gasteiger partial charge on any atom is 0.0285 e. The van der Waals surface area contributed by atoms with Gasteiger partial charge in [-0.1, -0.05) is 28.1 Å². The predicted molar refractivity (Wildman–Crippen MR) is 63.3 cm³/mol. The van der Waals surface area contributed by atoms with Gasteiger partial charge in [0.1, 0.15) is 0 Å². The average molecular weight is 310 g/mol. The van der Waals surface area contributed by atoms with E-state index in [0.29, 0.717) is 0 Å². The molecule has 66 valence electrons. The third kappa shape index (κ3) is 3.87. The number of hydrogen-bond donors (Lipinski definition) is 0. The second kappa shape index (κ2) is 5.95. The highest BCUT2D eigenvalue weighted by atomic mass is 79.9. The minimum Gasteiger partial charge on any atom is -0.147 e. The molecule has 0 fully saturated rings. The Morgan fingerprint density at radius 3 is 2.83 bits per heavy atom. The Kier molecular flexibility index (Phi) is 5.19. The van der Waals surface area contributed by atoms with Gasteiger partial charge in [-0.3, -0.25) is 0 Å². The van der Waals surface area contributed by atoms with Gasteiger partial charge in [0.2, 0.25) is 0 Å². The standard InChI is InChI=1S/C9H10Br2S/c10-5-3-1-2-4-9-6-8(11)7-12-9/h1-2,6-7H,3-5H2. The van der Waals surface area contributed by atoms with E-state index >= 15 is 0 Å². The minimum absolute atomic E-state index is 1.05. The van der Waals surface area contributed by atoms with Gasteiger partial charge in [-0.05, 0) is 34.8 Å². The fourth-order valence-electron chi connectivity index (χ4n) is 0.841. The summed E-state index contributed by atoms with van der Waals surface area (Å²) in [4.78, 5) is 1.41. The quantitative estimate of drug-likeness (QED) is 0.571. The van der Waals surface area contributed by atoms with Gasteiger partial charge < -0.3 is 0 Å². The Balaban J connectivity index is 2.33. The highest BCUT2D eigenvalue weighted by Gasteiger charge is 1.93. The van der Waals surface area contributed by atoms with Crippen LogP contribution in [0.3, 0.4) is 0 Å². The molecular formula is C9H10Br2S. The summed E-state index contributed by atoms with van der Waals surface area (Å²) >= 11 is 8.62. The molecule has 0 radical (unpaired) electrons. The van der Waals surface area contributed by atoms with Gasteiger partial charge in [0.05, 0.1) is 0 Å². The van der Waals surface area contributed by atoms with Crippen LogP contribution in [0, 0.1) is 0 Å². The summed E-state index contributed by atoms with van der Waals surface area (Å²) in [6.07, 6.45) is 6.61. The molecule has 0 aliphatic heterocycles. The van der Waals surface area contributed by atoms with Crippen LogP contribution < -0.4 is 0 Å². The van der Waals surface area contributed by atoms with Crippen molar-refractivity contribution in [3.63, 3.8) is 0 Å². The monoisotopic (exact) mass is 308 g/mol. The largest absolute Gasteiger partial charge is 0.147 e. The normalized spacial score (nSPS) is 11.2. The van der Waals surface area contributed by atoms with Crippen LogP contribution in [0.2, 0.25) is 0 Å². The third-order valence-electron chi connectivity index (χ3n) is 1.38. The molecule has 3 heteroatoms. The number of hydrogen-bond acceptors (Lipinski definition) is 1. The summed E-state index contributed by atoms with van der Waals surface area (Å²) in [7, 11) is 0. The fourth-order valence-corrected chi connectivity index (χ4v) is 2.53. The van der Waals surface area contributed by atoms with Gasteiger partial charge in [-0.25, -0.2) is 0 Å². The zero-order valence-electron chi connectivity index (χ0n) is 6.59. The lowest BCUT2D eigenvalue weighted by atomic mass is 10.3. The molecule has 0 N–H and O–H groups in total. The average Bonchev–Trinajstić information content (AvgIpc) is 2.45. The van der Waals surface area contributed by atoms with Crippen molar-refractivity contribution < 1.29 is 0 Å². The smallest absolute Gasteiger partial charge is 0.0285 e. The molecular weight excluding hydrogens is 300 g/mol. The number of allylic oxidation sites excluding steroid dienone is 2. The SMILES string of the molecule is BrCCC=CCc1cc(Br)cs1. The number of thiophene rings is 1. The Labute approximate surface area is 93.9 Å². The molecule has 1 aromatic rings. The van der Waals surface area contributed by atoms with E-state index in [4.69, 9.17) is 0 Å².